The summed E-state index contributed by atoms with van der Waals surface area (Å²) in [6, 6.07) is 0. The predicted molar refractivity (Wildman–Crippen MR) is 38.1 cm³/mol. The Balaban J connectivity index is 2.31. The van der Waals surface area contributed by atoms with Crippen LogP contribution in [0, 0.1) is 0 Å². The van der Waals surface area contributed by atoms with Crippen LogP contribution in [0.1, 0.15) is 0 Å². The van der Waals surface area contributed by atoms with Crippen molar-refractivity contribution in [3.8, 4) is 0 Å². The molecule has 1 aliphatic heterocycles. The van der Waals surface area contributed by atoms with Crippen LogP contribution in [0.15, 0.2) is 0 Å². The molecule has 0 aliphatic carbocycles. The van der Waals surface area contributed by atoms with Crippen LogP contribution < -0.4 is 5.73 Å². The van der Waals surface area contributed by atoms with E-state index in [1.807, 2.05) is 0 Å². The van der Waals surface area contributed by atoms with E-state index in [-0.39, 0.29) is 5.91 Å². The van der Waals surface area contributed by atoms with Gasteiger partial charge < -0.3 is 10.6 Å². The van der Waals surface area contributed by atoms with Crippen molar-refractivity contribution in [1.82, 2.24) is 4.90 Å². The van der Waals surface area contributed by atoms with Crippen LogP contribution in [0.25, 0.3) is 0 Å². The van der Waals surface area contributed by atoms with Crippen molar-refractivity contribution in [3.05, 3.63) is 0 Å². The molecule has 0 radical (unpaired) electrons. The molecule has 0 atom stereocenters. The van der Waals surface area contributed by atoms with Crippen molar-refractivity contribution in [2.75, 3.05) is 24.7 Å². The van der Waals surface area contributed by atoms with Gasteiger partial charge in [-0.1, -0.05) is 0 Å². The lowest BCUT2D eigenvalue weighted by Gasteiger charge is -2.11. The maximum Gasteiger partial charge on any atom is 0.233 e. The number of hydrogen-bond donors (Lipinski definition) is 1. The normalized spacial score (nSPS) is 19.2. The number of thioether (sulfide) groups is 1. The summed E-state index contributed by atoms with van der Waals surface area (Å²) in [4.78, 5) is 12.6. The SMILES string of the molecule is NCCN1CSCC1=O. The number of nitrogens with zero attached hydrogens (tertiary/aromatic N) is 1. The fourth-order valence-electron chi connectivity index (χ4n) is 0.752. The number of amides is 1. The number of nitrogens with two attached hydrogens (primary N) is 1. The smallest absolute Gasteiger partial charge is 0.233 e. The number of carbonyl (C=O) groups is 1. The lowest BCUT2D eigenvalue weighted by atomic mass is 10.5. The van der Waals surface area contributed by atoms with E-state index in [1.165, 1.54) is 0 Å². The molecule has 0 aromatic carbocycles. The number of carbonyl (C=O) groups excluding carboxylic acids is 1. The van der Waals surface area contributed by atoms with Gasteiger partial charge in [-0.3, -0.25) is 4.79 Å². The highest BCUT2D eigenvalue weighted by atomic mass is 32.2. The van der Waals surface area contributed by atoms with E-state index in [9.17, 15) is 4.79 Å². The Morgan fingerprint density at radius 1 is 1.78 bits per heavy atom. The predicted octanol–water partition coefficient (Wildman–Crippen LogP) is -0.522. The molecule has 0 aromatic heterocycles. The average molecular weight is 146 g/mol. The molecule has 52 valence electrons. The van der Waals surface area contributed by atoms with Gasteiger partial charge in [0, 0.05) is 13.1 Å². The van der Waals surface area contributed by atoms with E-state index < -0.39 is 0 Å². The molecule has 1 aliphatic rings. The lowest BCUT2D eigenvalue weighted by Crippen LogP contribution is -2.30. The van der Waals surface area contributed by atoms with Crippen LogP contribution in [0.5, 0.6) is 0 Å². The molecular formula is C5H10N2OS. The Kier molecular flexibility index (Phi) is 2.36. The van der Waals surface area contributed by atoms with Crippen LogP contribution in [-0.4, -0.2) is 35.5 Å². The van der Waals surface area contributed by atoms with Crippen molar-refractivity contribution in [2.24, 2.45) is 5.73 Å². The van der Waals surface area contributed by atoms with Gasteiger partial charge in [0.05, 0.1) is 11.6 Å². The molecule has 9 heavy (non-hydrogen) atoms. The first-order valence-corrected chi connectivity index (χ1v) is 4.05. The molecule has 2 N–H and O–H groups in total. The van der Waals surface area contributed by atoms with Gasteiger partial charge in [-0.25, -0.2) is 0 Å². The van der Waals surface area contributed by atoms with Crippen LogP contribution in [0.3, 0.4) is 0 Å². The summed E-state index contributed by atoms with van der Waals surface area (Å²) in [5.74, 6) is 1.70. The highest BCUT2D eigenvalue weighted by molar-refractivity contribution is 8.00. The summed E-state index contributed by atoms with van der Waals surface area (Å²) in [7, 11) is 0. The first-order chi connectivity index (χ1) is 4.34. The van der Waals surface area contributed by atoms with Gasteiger partial charge in [-0.2, -0.15) is 0 Å². The first-order valence-electron chi connectivity index (χ1n) is 2.90. The van der Waals surface area contributed by atoms with Crippen molar-refractivity contribution in [3.63, 3.8) is 0 Å². The van der Waals surface area contributed by atoms with Crippen LogP contribution in [0.4, 0.5) is 0 Å². The van der Waals surface area contributed by atoms with Crippen molar-refractivity contribution in [2.45, 2.75) is 0 Å². The van der Waals surface area contributed by atoms with Crippen LogP contribution in [0.2, 0.25) is 0 Å². The number of hydrogen-bond acceptors (Lipinski definition) is 3. The second-order valence-corrected chi connectivity index (χ2v) is 2.88. The summed E-state index contributed by atoms with van der Waals surface area (Å²) >= 11 is 1.65. The van der Waals surface area contributed by atoms with Gasteiger partial charge in [-0.15, -0.1) is 11.8 Å². The summed E-state index contributed by atoms with van der Waals surface area (Å²) in [6.45, 7) is 1.29. The van der Waals surface area contributed by atoms with Crippen molar-refractivity contribution in [1.29, 1.82) is 0 Å². The van der Waals surface area contributed by atoms with E-state index in [2.05, 4.69) is 0 Å². The average Bonchev–Trinajstić information content (AvgIpc) is 2.18. The Bertz CT molecular complexity index is 118. The van der Waals surface area contributed by atoms with Gasteiger partial charge in [0.15, 0.2) is 0 Å². The van der Waals surface area contributed by atoms with E-state index in [0.717, 1.165) is 5.88 Å². The molecule has 1 fully saturated rings. The molecule has 1 rings (SSSR count). The third-order valence-corrected chi connectivity index (χ3v) is 2.17. The Labute approximate surface area is 58.6 Å². The molecule has 1 heterocycles. The van der Waals surface area contributed by atoms with Gasteiger partial charge in [-0.05, 0) is 0 Å². The Morgan fingerprint density at radius 3 is 3.00 bits per heavy atom. The first kappa shape index (κ1) is 6.89. The zero-order valence-corrected chi connectivity index (χ0v) is 5.99. The molecule has 0 spiro atoms. The zero-order valence-electron chi connectivity index (χ0n) is 5.17. The van der Waals surface area contributed by atoms with E-state index >= 15 is 0 Å². The summed E-state index contributed by atoms with van der Waals surface area (Å²) < 4.78 is 0. The topological polar surface area (TPSA) is 46.3 Å². The highest BCUT2D eigenvalue weighted by Gasteiger charge is 2.18. The molecule has 4 heteroatoms. The minimum Gasteiger partial charge on any atom is -0.331 e. The Hall–Kier alpha value is -0.220. The second kappa shape index (κ2) is 3.08. The van der Waals surface area contributed by atoms with Gasteiger partial charge >= 0.3 is 0 Å². The van der Waals surface area contributed by atoms with Crippen molar-refractivity contribution < 1.29 is 4.79 Å². The maximum atomic E-state index is 10.8. The van der Waals surface area contributed by atoms with Crippen LogP contribution >= 0.6 is 11.8 Å². The van der Waals surface area contributed by atoms with E-state index in [4.69, 9.17) is 5.73 Å². The fourth-order valence-corrected chi connectivity index (χ4v) is 1.69. The minimum absolute atomic E-state index is 0.227. The number of rotatable bonds is 2. The Morgan fingerprint density at radius 2 is 2.56 bits per heavy atom. The highest BCUT2D eigenvalue weighted by Crippen LogP contribution is 2.13. The molecule has 0 bridgehead atoms. The summed E-state index contributed by atoms with van der Waals surface area (Å²) in [5.41, 5.74) is 5.27. The largest absolute Gasteiger partial charge is 0.331 e. The van der Waals surface area contributed by atoms with E-state index in [1.54, 1.807) is 16.7 Å². The molecular weight excluding hydrogens is 136 g/mol. The van der Waals surface area contributed by atoms with Gasteiger partial charge in [0.1, 0.15) is 0 Å². The summed E-state index contributed by atoms with van der Waals surface area (Å²) in [5, 5.41) is 0. The monoisotopic (exact) mass is 146 g/mol. The lowest BCUT2D eigenvalue weighted by molar-refractivity contribution is -0.126. The third-order valence-electron chi connectivity index (χ3n) is 1.22. The molecule has 1 amide bonds. The quantitative estimate of drug-likeness (QED) is 0.570. The van der Waals surface area contributed by atoms with Gasteiger partial charge in [0.2, 0.25) is 5.91 Å². The molecule has 0 aromatic rings. The minimum atomic E-state index is 0.227. The fraction of sp³-hybridized carbons (Fsp3) is 0.800. The van der Waals surface area contributed by atoms with Crippen LogP contribution in [-0.2, 0) is 4.79 Å². The molecule has 1 saturated heterocycles. The van der Waals surface area contributed by atoms with Gasteiger partial charge in [0.25, 0.3) is 0 Å². The molecule has 3 nitrogen and oxygen atoms in total. The third kappa shape index (κ3) is 1.59. The molecule has 0 saturated carbocycles. The zero-order chi connectivity index (χ0) is 6.69. The van der Waals surface area contributed by atoms with Crippen molar-refractivity contribution >= 4 is 17.7 Å². The maximum absolute atomic E-state index is 10.8. The summed E-state index contributed by atoms with van der Waals surface area (Å²) in [6.07, 6.45) is 0. The standard InChI is InChI=1S/C5H10N2OS/c6-1-2-7-4-9-3-5(7)8/h1-4,6H2. The van der Waals surface area contributed by atoms with E-state index in [0.29, 0.717) is 18.8 Å². The second-order valence-electron chi connectivity index (χ2n) is 1.92. The molecule has 0 unspecified atom stereocenters.